The Labute approximate surface area is 103 Å². The van der Waals surface area contributed by atoms with E-state index in [0.717, 1.165) is 0 Å². The molecule has 0 radical (unpaired) electrons. The van der Waals surface area contributed by atoms with Crippen LogP contribution in [0.5, 0.6) is 0 Å². The van der Waals surface area contributed by atoms with Crippen LogP contribution in [0.3, 0.4) is 0 Å². The van der Waals surface area contributed by atoms with E-state index in [2.05, 4.69) is 9.82 Å². The van der Waals surface area contributed by atoms with Crippen LogP contribution in [0.4, 0.5) is 0 Å². The van der Waals surface area contributed by atoms with Crippen molar-refractivity contribution in [3.63, 3.8) is 0 Å². The lowest BCUT2D eigenvalue weighted by molar-refractivity contribution is 0.109. The Balaban J connectivity index is 1.97. The summed E-state index contributed by atoms with van der Waals surface area (Å²) in [6.07, 6.45) is 3.78. The number of carbonyl (C=O) groups excluding carboxylic acids is 1. The first-order valence-corrected chi connectivity index (χ1v) is 6.62. The highest BCUT2D eigenvalue weighted by molar-refractivity contribution is 7.89. The predicted molar refractivity (Wildman–Crippen MR) is 61.5 cm³/mol. The van der Waals surface area contributed by atoms with Crippen LogP contribution in [0.1, 0.15) is 10.6 Å². The van der Waals surface area contributed by atoms with Gasteiger partial charge in [-0.05, 0) is 18.2 Å². The van der Waals surface area contributed by atoms with Gasteiger partial charge in [-0.2, -0.15) is 5.10 Å². The zero-order valence-electron chi connectivity index (χ0n) is 9.31. The molecule has 2 rings (SSSR count). The lowest BCUT2D eigenvalue weighted by Crippen LogP contribution is -2.27. The summed E-state index contributed by atoms with van der Waals surface area (Å²) in [6, 6.07) is 4.28. The standard InChI is InChI=1S/C10H11N3O4S/c14-8-9-2-3-10(17-9)18(15,16)12-5-7-13-6-1-4-11-13/h1-4,6,8,12H,5,7H2. The van der Waals surface area contributed by atoms with Crippen molar-refractivity contribution in [3.8, 4) is 0 Å². The third kappa shape index (κ3) is 2.84. The topological polar surface area (TPSA) is 94.2 Å². The van der Waals surface area contributed by atoms with Crippen LogP contribution in [0.25, 0.3) is 0 Å². The molecule has 2 heterocycles. The van der Waals surface area contributed by atoms with Crippen molar-refractivity contribution < 1.29 is 17.6 Å². The van der Waals surface area contributed by atoms with Gasteiger partial charge in [-0.25, -0.2) is 13.1 Å². The molecular formula is C10H11N3O4S. The average Bonchev–Trinajstić information content (AvgIpc) is 2.99. The molecule has 96 valence electrons. The molecule has 0 aliphatic carbocycles. The molecule has 0 saturated heterocycles. The quantitative estimate of drug-likeness (QED) is 0.759. The smallest absolute Gasteiger partial charge is 0.274 e. The van der Waals surface area contributed by atoms with Gasteiger partial charge in [0.15, 0.2) is 12.0 Å². The first-order chi connectivity index (χ1) is 8.62. The Morgan fingerprint density at radius 1 is 1.44 bits per heavy atom. The number of hydrogen-bond acceptors (Lipinski definition) is 5. The molecule has 1 N–H and O–H groups in total. The Morgan fingerprint density at radius 3 is 2.89 bits per heavy atom. The van der Waals surface area contributed by atoms with Crippen LogP contribution in [-0.2, 0) is 16.6 Å². The van der Waals surface area contributed by atoms with Crippen molar-refractivity contribution in [1.29, 1.82) is 0 Å². The fraction of sp³-hybridized carbons (Fsp3) is 0.200. The first kappa shape index (κ1) is 12.5. The van der Waals surface area contributed by atoms with Gasteiger partial charge in [-0.15, -0.1) is 0 Å². The van der Waals surface area contributed by atoms with Gasteiger partial charge in [-0.3, -0.25) is 9.48 Å². The Kier molecular flexibility index (Phi) is 3.58. The van der Waals surface area contributed by atoms with E-state index in [1.807, 2.05) is 0 Å². The lowest BCUT2D eigenvalue weighted by atomic mass is 10.5. The van der Waals surface area contributed by atoms with Crippen molar-refractivity contribution in [1.82, 2.24) is 14.5 Å². The molecule has 0 aromatic carbocycles. The van der Waals surface area contributed by atoms with E-state index >= 15 is 0 Å². The van der Waals surface area contributed by atoms with Crippen molar-refractivity contribution >= 4 is 16.3 Å². The van der Waals surface area contributed by atoms with Crippen LogP contribution in [0, 0.1) is 0 Å². The number of hydrogen-bond donors (Lipinski definition) is 1. The highest BCUT2D eigenvalue weighted by Crippen LogP contribution is 2.11. The van der Waals surface area contributed by atoms with Crippen molar-refractivity contribution in [2.75, 3.05) is 6.54 Å². The molecule has 0 aliphatic rings. The summed E-state index contributed by atoms with van der Waals surface area (Å²) in [5.74, 6) is -0.0255. The number of aldehydes is 1. The molecule has 18 heavy (non-hydrogen) atoms. The molecule has 0 amide bonds. The van der Waals surface area contributed by atoms with Gasteiger partial charge in [0.2, 0.25) is 5.09 Å². The second kappa shape index (κ2) is 5.15. The summed E-state index contributed by atoms with van der Waals surface area (Å²) < 4.78 is 32.3. The second-order valence-electron chi connectivity index (χ2n) is 3.44. The molecule has 0 saturated carbocycles. The molecule has 0 fully saturated rings. The van der Waals surface area contributed by atoms with E-state index in [0.29, 0.717) is 12.8 Å². The molecule has 0 atom stereocenters. The molecule has 8 heteroatoms. The average molecular weight is 269 g/mol. The van der Waals surface area contributed by atoms with E-state index in [1.165, 1.54) is 12.1 Å². The maximum Gasteiger partial charge on any atom is 0.274 e. The van der Waals surface area contributed by atoms with Gasteiger partial charge in [0.1, 0.15) is 0 Å². The Bertz CT molecular complexity index is 615. The summed E-state index contributed by atoms with van der Waals surface area (Å²) in [5.41, 5.74) is 0. The molecule has 7 nitrogen and oxygen atoms in total. The third-order valence-corrected chi connectivity index (χ3v) is 3.51. The van der Waals surface area contributed by atoms with E-state index < -0.39 is 10.0 Å². The number of nitrogens with zero attached hydrogens (tertiary/aromatic N) is 2. The normalized spacial score (nSPS) is 11.6. The molecule has 0 aliphatic heterocycles. The lowest BCUT2D eigenvalue weighted by Gasteiger charge is -2.04. The first-order valence-electron chi connectivity index (χ1n) is 5.14. The maximum atomic E-state index is 11.7. The number of aromatic nitrogens is 2. The maximum absolute atomic E-state index is 11.7. The number of sulfonamides is 1. The summed E-state index contributed by atoms with van der Waals surface area (Å²) in [4.78, 5) is 10.4. The zero-order valence-corrected chi connectivity index (χ0v) is 10.1. The van der Waals surface area contributed by atoms with Crippen LogP contribution in [-0.4, -0.2) is 31.0 Å². The summed E-state index contributed by atoms with van der Waals surface area (Å²) >= 11 is 0. The van der Waals surface area contributed by atoms with E-state index in [4.69, 9.17) is 4.42 Å². The SMILES string of the molecule is O=Cc1ccc(S(=O)(=O)NCCn2cccn2)o1. The number of nitrogens with one attached hydrogen (secondary N) is 1. The Hall–Kier alpha value is -1.93. The minimum absolute atomic E-state index is 0.0255. The largest absolute Gasteiger partial charge is 0.440 e. The van der Waals surface area contributed by atoms with Gasteiger partial charge >= 0.3 is 0 Å². The molecule has 2 aromatic heterocycles. The molecule has 0 spiro atoms. The van der Waals surface area contributed by atoms with E-state index in [-0.39, 0.29) is 17.4 Å². The summed E-state index contributed by atoms with van der Waals surface area (Å²) in [6.45, 7) is 0.592. The fourth-order valence-corrected chi connectivity index (χ4v) is 2.30. The number of furan rings is 1. The van der Waals surface area contributed by atoms with Crippen LogP contribution < -0.4 is 4.72 Å². The van der Waals surface area contributed by atoms with Gasteiger partial charge < -0.3 is 4.42 Å². The highest BCUT2D eigenvalue weighted by atomic mass is 32.2. The van der Waals surface area contributed by atoms with Crippen molar-refractivity contribution in [2.24, 2.45) is 0 Å². The van der Waals surface area contributed by atoms with Crippen LogP contribution in [0.2, 0.25) is 0 Å². The Morgan fingerprint density at radius 2 is 2.28 bits per heavy atom. The summed E-state index contributed by atoms with van der Waals surface area (Å²) in [7, 11) is -3.72. The van der Waals surface area contributed by atoms with Gasteiger partial charge in [0, 0.05) is 18.9 Å². The van der Waals surface area contributed by atoms with Crippen LogP contribution >= 0.6 is 0 Å². The minimum atomic E-state index is -3.72. The van der Waals surface area contributed by atoms with Gasteiger partial charge in [0.05, 0.1) is 6.54 Å². The van der Waals surface area contributed by atoms with Crippen molar-refractivity contribution in [3.05, 3.63) is 36.4 Å². The molecule has 0 unspecified atom stereocenters. The number of rotatable bonds is 6. The monoisotopic (exact) mass is 269 g/mol. The summed E-state index contributed by atoms with van der Waals surface area (Å²) in [5, 5.41) is 3.66. The molecule has 2 aromatic rings. The van der Waals surface area contributed by atoms with Gasteiger partial charge in [-0.1, -0.05) is 0 Å². The third-order valence-electron chi connectivity index (χ3n) is 2.18. The van der Waals surface area contributed by atoms with Gasteiger partial charge in [0.25, 0.3) is 10.0 Å². The zero-order chi connectivity index (χ0) is 13.0. The van der Waals surface area contributed by atoms with Crippen LogP contribution in [0.15, 0.2) is 40.1 Å². The van der Waals surface area contributed by atoms with Crippen molar-refractivity contribution in [2.45, 2.75) is 11.6 Å². The van der Waals surface area contributed by atoms with E-state index in [1.54, 1.807) is 23.1 Å². The highest BCUT2D eigenvalue weighted by Gasteiger charge is 2.17. The van der Waals surface area contributed by atoms with E-state index in [9.17, 15) is 13.2 Å². The molecule has 0 bridgehead atoms. The second-order valence-corrected chi connectivity index (χ2v) is 5.14. The fourth-order valence-electron chi connectivity index (χ4n) is 1.34. The predicted octanol–water partition coefficient (Wildman–Crippen LogP) is 0.267. The minimum Gasteiger partial charge on any atom is -0.440 e. The number of carbonyl (C=O) groups is 1. The molecular weight excluding hydrogens is 258 g/mol.